The standard InChI is InChI=1S/C60H98NO7P/c1-6-8-10-12-14-16-18-20-22-24-26-28-30-32-34-36-38-40-42-44-46-48-50-52-55-65-57-59(58-67-69(63,64)66-56-54-61(3,4)5)68-60(62)53-51-49-47-45-43-41-39-37-35-33-31-29-27-25-23-21-19-17-15-13-11-9-7-2/h8-11,14-17,20-23,26-29,32-35,39,41,45,47,59H,6-7,12-13,18-19,24-25,30-31,36-38,40,42-44,46,48-58H2,1-5H3/b10-8-,11-9-,16-14-,17-15-,22-20-,23-21-,28-26-,29-27-,34-32-,35-33-,41-39-,47-45-. The average molecular weight is 976 g/mol. The van der Waals surface area contributed by atoms with E-state index < -0.39 is 19.9 Å². The lowest BCUT2D eigenvalue weighted by Crippen LogP contribution is -2.37. The van der Waals surface area contributed by atoms with Crippen molar-refractivity contribution in [3.63, 3.8) is 0 Å². The highest BCUT2D eigenvalue weighted by Crippen LogP contribution is 2.38. The largest absolute Gasteiger partial charge is 0.756 e. The summed E-state index contributed by atoms with van der Waals surface area (Å²) in [4.78, 5) is 25.2. The Hall–Kier alpha value is -3.62. The van der Waals surface area contributed by atoms with E-state index in [1.54, 1.807) is 0 Å². The van der Waals surface area contributed by atoms with Crippen LogP contribution in [0.1, 0.15) is 168 Å². The molecule has 0 aliphatic carbocycles. The molecule has 390 valence electrons. The number of carbonyl (C=O) groups is 1. The van der Waals surface area contributed by atoms with E-state index in [0.29, 0.717) is 24.1 Å². The molecular weight excluding hydrogens is 878 g/mol. The van der Waals surface area contributed by atoms with Crippen LogP contribution in [0.4, 0.5) is 0 Å². The zero-order valence-corrected chi connectivity index (χ0v) is 45.1. The van der Waals surface area contributed by atoms with Gasteiger partial charge in [-0.3, -0.25) is 9.36 Å². The molecule has 0 N–H and O–H groups in total. The summed E-state index contributed by atoms with van der Waals surface area (Å²) in [6.07, 6.45) is 76.0. The van der Waals surface area contributed by atoms with E-state index in [0.717, 1.165) is 109 Å². The Morgan fingerprint density at radius 3 is 1.19 bits per heavy atom. The van der Waals surface area contributed by atoms with E-state index in [4.69, 9.17) is 18.5 Å². The second kappa shape index (κ2) is 50.8. The van der Waals surface area contributed by atoms with E-state index in [1.165, 1.54) is 32.1 Å². The van der Waals surface area contributed by atoms with Crippen molar-refractivity contribution in [3.8, 4) is 0 Å². The average Bonchev–Trinajstić information content (AvgIpc) is 3.31. The van der Waals surface area contributed by atoms with Gasteiger partial charge in [-0.05, 0) is 109 Å². The summed E-state index contributed by atoms with van der Waals surface area (Å²) in [5.74, 6) is -0.401. The molecule has 0 aliphatic rings. The van der Waals surface area contributed by atoms with E-state index in [-0.39, 0.29) is 26.2 Å². The van der Waals surface area contributed by atoms with Crippen LogP contribution >= 0.6 is 7.82 Å². The predicted octanol–water partition coefficient (Wildman–Crippen LogP) is 16.2. The Balaban J connectivity index is 4.30. The molecular formula is C60H98NO7P. The first-order valence-electron chi connectivity index (χ1n) is 26.6. The van der Waals surface area contributed by atoms with Gasteiger partial charge in [0.1, 0.15) is 19.3 Å². The Labute approximate surface area is 423 Å². The zero-order valence-electron chi connectivity index (χ0n) is 44.2. The highest BCUT2D eigenvalue weighted by atomic mass is 31.2. The molecule has 0 heterocycles. The van der Waals surface area contributed by atoms with Gasteiger partial charge in [-0.25, -0.2) is 0 Å². The number of allylic oxidation sites excluding steroid dienone is 24. The molecule has 0 fully saturated rings. The maximum absolute atomic E-state index is 12.7. The molecule has 2 unspecified atom stereocenters. The number of esters is 1. The highest BCUT2D eigenvalue weighted by molar-refractivity contribution is 7.45. The van der Waals surface area contributed by atoms with Crippen molar-refractivity contribution in [2.24, 2.45) is 0 Å². The number of hydrogen-bond donors (Lipinski definition) is 0. The quantitative estimate of drug-likeness (QED) is 0.0197. The number of phosphoric acid groups is 1. The lowest BCUT2D eigenvalue weighted by Gasteiger charge is -2.28. The van der Waals surface area contributed by atoms with Crippen molar-refractivity contribution < 1.29 is 37.3 Å². The number of hydrogen-bond acceptors (Lipinski definition) is 7. The molecule has 8 nitrogen and oxygen atoms in total. The van der Waals surface area contributed by atoms with E-state index >= 15 is 0 Å². The molecule has 2 atom stereocenters. The molecule has 0 aromatic heterocycles. The molecule has 0 saturated carbocycles. The highest BCUT2D eigenvalue weighted by Gasteiger charge is 2.20. The van der Waals surface area contributed by atoms with Gasteiger partial charge in [0, 0.05) is 13.0 Å². The fourth-order valence-corrected chi connectivity index (χ4v) is 7.11. The maximum Gasteiger partial charge on any atom is 0.306 e. The van der Waals surface area contributed by atoms with Crippen LogP contribution in [0.3, 0.4) is 0 Å². The number of rotatable bonds is 47. The number of unbranched alkanes of at least 4 members (excludes halogenated alkanes) is 9. The molecule has 0 radical (unpaired) electrons. The van der Waals surface area contributed by atoms with Crippen LogP contribution in [0.15, 0.2) is 146 Å². The van der Waals surface area contributed by atoms with Gasteiger partial charge in [0.2, 0.25) is 0 Å². The van der Waals surface area contributed by atoms with Crippen LogP contribution in [0.5, 0.6) is 0 Å². The van der Waals surface area contributed by atoms with Gasteiger partial charge >= 0.3 is 5.97 Å². The van der Waals surface area contributed by atoms with Crippen LogP contribution in [0.25, 0.3) is 0 Å². The topological polar surface area (TPSA) is 94.1 Å². The molecule has 0 aromatic rings. The van der Waals surface area contributed by atoms with Crippen LogP contribution in [-0.4, -0.2) is 70.7 Å². The first-order chi connectivity index (χ1) is 33.6. The van der Waals surface area contributed by atoms with Crippen molar-refractivity contribution >= 4 is 13.8 Å². The number of carbonyl (C=O) groups excluding carboxylic acids is 1. The molecule has 0 rings (SSSR count). The van der Waals surface area contributed by atoms with E-state index in [1.807, 2.05) is 21.1 Å². The van der Waals surface area contributed by atoms with Crippen molar-refractivity contribution in [2.45, 2.75) is 174 Å². The fraction of sp³-hybridized carbons (Fsp3) is 0.583. The number of likely N-dealkylation sites (N-methyl/N-ethyl adjacent to an activating group) is 1. The minimum absolute atomic E-state index is 0.00391. The van der Waals surface area contributed by atoms with Crippen LogP contribution < -0.4 is 4.89 Å². The van der Waals surface area contributed by atoms with Gasteiger partial charge in [-0.2, -0.15) is 0 Å². The first-order valence-corrected chi connectivity index (χ1v) is 28.0. The molecule has 0 spiro atoms. The lowest BCUT2D eigenvalue weighted by molar-refractivity contribution is -0.870. The van der Waals surface area contributed by atoms with Crippen LogP contribution in [0, 0.1) is 0 Å². The van der Waals surface area contributed by atoms with Gasteiger partial charge in [-0.15, -0.1) is 0 Å². The van der Waals surface area contributed by atoms with Crippen molar-refractivity contribution in [1.29, 1.82) is 0 Å². The summed E-state index contributed by atoms with van der Waals surface area (Å²) in [5.41, 5.74) is 0. The molecule has 0 aliphatic heterocycles. The van der Waals surface area contributed by atoms with Crippen molar-refractivity contribution in [3.05, 3.63) is 146 Å². The molecule has 0 bridgehead atoms. The number of nitrogens with zero attached hydrogens (tertiary/aromatic N) is 1. The van der Waals surface area contributed by atoms with Crippen molar-refractivity contribution in [2.75, 3.05) is 54.1 Å². The Morgan fingerprint density at radius 1 is 0.449 bits per heavy atom. The van der Waals surface area contributed by atoms with Crippen LogP contribution in [-0.2, 0) is 27.9 Å². The summed E-state index contributed by atoms with van der Waals surface area (Å²) >= 11 is 0. The second-order valence-corrected chi connectivity index (χ2v) is 19.5. The number of ether oxygens (including phenoxy) is 2. The zero-order chi connectivity index (χ0) is 50.5. The molecule has 0 aromatic carbocycles. The summed E-state index contributed by atoms with van der Waals surface area (Å²) in [5, 5.41) is 0. The predicted molar refractivity (Wildman–Crippen MR) is 295 cm³/mol. The third-order valence-corrected chi connectivity index (χ3v) is 11.4. The monoisotopic (exact) mass is 976 g/mol. The van der Waals surface area contributed by atoms with Gasteiger partial charge in [0.25, 0.3) is 7.82 Å². The fourth-order valence-electron chi connectivity index (χ4n) is 6.38. The Bertz CT molecular complexity index is 1600. The summed E-state index contributed by atoms with van der Waals surface area (Å²) < 4.78 is 34.7. The number of phosphoric ester groups is 1. The third-order valence-electron chi connectivity index (χ3n) is 10.4. The third kappa shape index (κ3) is 55.2. The summed E-state index contributed by atoms with van der Waals surface area (Å²) in [6, 6.07) is 0. The minimum Gasteiger partial charge on any atom is -0.756 e. The van der Waals surface area contributed by atoms with Gasteiger partial charge in [-0.1, -0.05) is 198 Å². The first kappa shape index (κ1) is 65.4. The van der Waals surface area contributed by atoms with E-state index in [2.05, 4.69) is 160 Å². The van der Waals surface area contributed by atoms with Gasteiger partial charge in [0.15, 0.2) is 0 Å². The molecule has 0 saturated heterocycles. The molecule has 69 heavy (non-hydrogen) atoms. The Kier molecular flexibility index (Phi) is 48.1. The molecule has 0 amide bonds. The van der Waals surface area contributed by atoms with E-state index in [9.17, 15) is 14.3 Å². The second-order valence-electron chi connectivity index (χ2n) is 18.1. The smallest absolute Gasteiger partial charge is 0.306 e. The van der Waals surface area contributed by atoms with Crippen molar-refractivity contribution in [1.82, 2.24) is 0 Å². The normalized spacial score (nSPS) is 14.7. The van der Waals surface area contributed by atoms with Gasteiger partial charge < -0.3 is 27.9 Å². The summed E-state index contributed by atoms with van der Waals surface area (Å²) in [7, 11) is 1.29. The van der Waals surface area contributed by atoms with Gasteiger partial charge in [0.05, 0.1) is 34.4 Å². The van der Waals surface area contributed by atoms with Crippen LogP contribution in [0.2, 0.25) is 0 Å². The lowest BCUT2D eigenvalue weighted by atomic mass is 10.1. The number of quaternary nitrogens is 1. The molecule has 9 heteroatoms. The minimum atomic E-state index is -4.56. The SMILES string of the molecule is CC/C=C\C/C=C\C/C=C\C/C=C\C/C=C\C/C=C\C/C=C\CCCC(=O)OC(COCCCCCCCCCC/C=C\C/C=C\C/C=C\C/C=C\C/C=C\CC)COP(=O)([O-])OCC[N+](C)(C)C. The summed E-state index contributed by atoms with van der Waals surface area (Å²) in [6.45, 7) is 5.04. The maximum atomic E-state index is 12.7. The Morgan fingerprint density at radius 2 is 0.797 bits per heavy atom.